The molecule has 2 amide bonds. The highest BCUT2D eigenvalue weighted by atomic mass is 32.1. The summed E-state index contributed by atoms with van der Waals surface area (Å²) in [4.78, 5) is 35.5. The number of anilines is 1. The van der Waals surface area contributed by atoms with Crippen LogP contribution in [0.15, 0.2) is 0 Å². The molecular weight excluding hydrogens is 356 g/mol. The number of nitrogens with one attached hydrogen (secondary N) is 1. The molecule has 0 bridgehead atoms. The fourth-order valence-electron chi connectivity index (χ4n) is 3.28. The normalized spacial score (nSPS) is 16.8. The van der Waals surface area contributed by atoms with Gasteiger partial charge in [-0.1, -0.05) is 27.2 Å². The Morgan fingerprint density at radius 3 is 2.62 bits per heavy atom. The maximum absolute atomic E-state index is 12.0. The van der Waals surface area contributed by atoms with Gasteiger partial charge in [0.05, 0.1) is 5.56 Å². The van der Waals surface area contributed by atoms with Gasteiger partial charge in [0.25, 0.3) is 11.8 Å². The first kappa shape index (κ1) is 20.4. The summed E-state index contributed by atoms with van der Waals surface area (Å²) in [6.45, 7) is 5.76. The van der Waals surface area contributed by atoms with Crippen molar-refractivity contribution in [2.45, 2.75) is 46.5 Å². The van der Waals surface area contributed by atoms with E-state index < -0.39 is 31.0 Å². The van der Waals surface area contributed by atoms with Crippen LogP contribution < -0.4 is 11.1 Å². The maximum atomic E-state index is 12.0. The van der Waals surface area contributed by atoms with E-state index in [2.05, 4.69) is 26.1 Å². The number of aliphatic carboxylic acids is 1. The smallest absolute Gasteiger partial charge is 0.329 e. The second kappa shape index (κ2) is 8.18. The number of rotatable bonds is 8. The third kappa shape index (κ3) is 4.62. The van der Waals surface area contributed by atoms with E-state index in [0.717, 1.165) is 36.1 Å². The average molecular weight is 382 g/mol. The minimum absolute atomic E-state index is 0.211. The Balaban J connectivity index is 2.18. The number of amides is 2. The summed E-state index contributed by atoms with van der Waals surface area (Å²) in [7, 11) is 0. The van der Waals surface area contributed by atoms with Crippen LogP contribution in [0.4, 0.5) is 5.00 Å². The van der Waals surface area contributed by atoms with Crippen molar-refractivity contribution in [3.63, 3.8) is 0 Å². The summed E-state index contributed by atoms with van der Waals surface area (Å²) in [6, 6.07) is 0. The number of hydrogen-bond acceptors (Lipinski definition) is 5. The van der Waals surface area contributed by atoms with Crippen LogP contribution in [-0.2, 0) is 27.2 Å². The maximum Gasteiger partial charge on any atom is 0.329 e. The lowest BCUT2D eigenvalue weighted by atomic mass is 9.69. The second-order valence-corrected chi connectivity index (χ2v) is 8.39. The molecule has 0 aliphatic heterocycles. The van der Waals surface area contributed by atoms with E-state index in [1.165, 1.54) is 11.3 Å². The van der Waals surface area contributed by atoms with Gasteiger partial charge in [0.1, 0.15) is 18.2 Å². The Morgan fingerprint density at radius 1 is 1.35 bits per heavy atom. The zero-order valence-electron chi connectivity index (χ0n) is 15.4. The molecule has 0 fully saturated rings. The van der Waals surface area contributed by atoms with Crippen molar-refractivity contribution in [3.8, 4) is 0 Å². The van der Waals surface area contributed by atoms with Gasteiger partial charge in [-0.25, -0.2) is 4.79 Å². The molecule has 26 heavy (non-hydrogen) atoms. The number of nitrogens with two attached hydrogens (primary N) is 1. The molecule has 1 aliphatic rings. The van der Waals surface area contributed by atoms with Crippen molar-refractivity contribution in [3.05, 3.63) is 16.0 Å². The summed E-state index contributed by atoms with van der Waals surface area (Å²) in [5.41, 5.74) is 7.08. The standard InChI is InChI=1S/C18H26N2O5S/c1-4-18(2,3)10-5-6-11-12(7-10)26-17(15(11)16(19)24)20-13(21)8-25-9-14(22)23/h10H,4-9H2,1-3H3,(H2,19,24)(H,20,21)(H,22,23). The molecule has 1 aliphatic carbocycles. The van der Waals surface area contributed by atoms with E-state index in [9.17, 15) is 14.4 Å². The zero-order chi connectivity index (χ0) is 19.5. The predicted octanol–water partition coefficient (Wildman–Crippen LogP) is 2.43. The van der Waals surface area contributed by atoms with E-state index in [1.807, 2.05) is 0 Å². The minimum atomic E-state index is -1.15. The topological polar surface area (TPSA) is 119 Å². The molecule has 7 nitrogen and oxygen atoms in total. The number of primary amides is 1. The molecule has 1 unspecified atom stereocenters. The Labute approximate surface area is 156 Å². The highest BCUT2D eigenvalue weighted by Gasteiger charge is 2.34. The minimum Gasteiger partial charge on any atom is -0.480 e. The van der Waals surface area contributed by atoms with Gasteiger partial charge >= 0.3 is 5.97 Å². The van der Waals surface area contributed by atoms with Gasteiger partial charge in [-0.15, -0.1) is 11.3 Å². The Morgan fingerprint density at radius 2 is 2.04 bits per heavy atom. The first-order chi connectivity index (χ1) is 12.2. The molecule has 4 N–H and O–H groups in total. The number of hydrogen-bond donors (Lipinski definition) is 3. The van der Waals surface area contributed by atoms with Crippen LogP contribution in [0.3, 0.4) is 0 Å². The van der Waals surface area contributed by atoms with Crippen molar-refractivity contribution in [2.24, 2.45) is 17.1 Å². The number of carboxylic acid groups (broad SMARTS) is 1. The highest BCUT2D eigenvalue weighted by molar-refractivity contribution is 7.17. The molecule has 1 aromatic heterocycles. The van der Waals surface area contributed by atoms with Crippen LogP contribution in [0.1, 0.15) is 54.4 Å². The molecule has 1 atom stereocenters. The molecule has 2 rings (SSSR count). The van der Waals surface area contributed by atoms with E-state index in [0.29, 0.717) is 16.5 Å². The number of carbonyl (C=O) groups is 3. The summed E-state index contributed by atoms with van der Waals surface area (Å²) in [5, 5.41) is 11.6. The molecule has 0 radical (unpaired) electrons. The number of ether oxygens (including phenoxy) is 1. The van der Waals surface area contributed by atoms with Crippen LogP contribution in [0, 0.1) is 11.3 Å². The molecule has 1 heterocycles. The fourth-order valence-corrected chi connectivity index (χ4v) is 4.63. The van der Waals surface area contributed by atoms with Gasteiger partial charge in [0, 0.05) is 4.88 Å². The van der Waals surface area contributed by atoms with Gasteiger partial charge in [0.15, 0.2) is 0 Å². The van der Waals surface area contributed by atoms with E-state index >= 15 is 0 Å². The van der Waals surface area contributed by atoms with Gasteiger partial charge in [-0.3, -0.25) is 9.59 Å². The van der Waals surface area contributed by atoms with Crippen molar-refractivity contribution in [1.82, 2.24) is 0 Å². The third-order valence-electron chi connectivity index (χ3n) is 5.24. The predicted molar refractivity (Wildman–Crippen MR) is 99.5 cm³/mol. The third-order valence-corrected chi connectivity index (χ3v) is 6.41. The zero-order valence-corrected chi connectivity index (χ0v) is 16.2. The van der Waals surface area contributed by atoms with Crippen LogP contribution in [-0.4, -0.2) is 36.1 Å². The first-order valence-electron chi connectivity index (χ1n) is 8.69. The molecular formula is C18H26N2O5S. The summed E-state index contributed by atoms with van der Waals surface area (Å²) < 4.78 is 4.78. The van der Waals surface area contributed by atoms with Crippen LogP contribution in [0.2, 0.25) is 0 Å². The molecule has 0 aromatic carbocycles. The fraction of sp³-hybridized carbons (Fsp3) is 0.611. The first-order valence-corrected chi connectivity index (χ1v) is 9.51. The van der Waals surface area contributed by atoms with Gasteiger partial charge < -0.3 is 20.9 Å². The Kier molecular flexibility index (Phi) is 6.41. The Hall–Kier alpha value is -1.93. The quantitative estimate of drug-likeness (QED) is 0.638. The molecule has 0 spiro atoms. The molecule has 0 saturated heterocycles. The van der Waals surface area contributed by atoms with Crippen molar-refractivity contribution in [2.75, 3.05) is 18.5 Å². The van der Waals surface area contributed by atoms with Crippen molar-refractivity contribution < 1.29 is 24.2 Å². The molecule has 1 aromatic rings. The van der Waals surface area contributed by atoms with E-state index in [-0.39, 0.29) is 5.41 Å². The number of carboxylic acids is 1. The number of carbonyl (C=O) groups excluding carboxylic acids is 2. The molecule has 0 saturated carbocycles. The summed E-state index contributed by atoms with van der Waals surface area (Å²) in [5.74, 6) is -1.69. The van der Waals surface area contributed by atoms with Crippen molar-refractivity contribution >= 4 is 34.1 Å². The number of fused-ring (bicyclic) bond motifs is 1. The lowest BCUT2D eigenvalue weighted by Crippen LogP contribution is -2.29. The Bertz CT molecular complexity index is 711. The summed E-state index contributed by atoms with van der Waals surface area (Å²) >= 11 is 1.38. The second-order valence-electron chi connectivity index (χ2n) is 7.29. The van der Waals surface area contributed by atoms with Crippen molar-refractivity contribution in [1.29, 1.82) is 0 Å². The van der Waals surface area contributed by atoms with Gasteiger partial charge in [0.2, 0.25) is 0 Å². The lowest BCUT2D eigenvalue weighted by molar-refractivity contribution is -0.143. The van der Waals surface area contributed by atoms with Crippen LogP contribution in [0.5, 0.6) is 0 Å². The molecule has 144 valence electrons. The number of thiophene rings is 1. The largest absolute Gasteiger partial charge is 0.480 e. The molecule has 8 heteroatoms. The van der Waals surface area contributed by atoms with Crippen LogP contribution in [0.25, 0.3) is 0 Å². The highest BCUT2D eigenvalue weighted by Crippen LogP contribution is 2.45. The van der Waals surface area contributed by atoms with Gasteiger partial charge in [-0.2, -0.15) is 0 Å². The van der Waals surface area contributed by atoms with E-state index in [4.69, 9.17) is 15.6 Å². The van der Waals surface area contributed by atoms with E-state index in [1.54, 1.807) is 0 Å². The average Bonchev–Trinajstić information content (AvgIpc) is 2.91. The van der Waals surface area contributed by atoms with Gasteiger partial charge in [-0.05, 0) is 36.2 Å². The monoisotopic (exact) mass is 382 g/mol. The SMILES string of the molecule is CCC(C)(C)C1CCc2c(sc(NC(=O)COCC(=O)O)c2C(N)=O)C1. The summed E-state index contributed by atoms with van der Waals surface area (Å²) in [6.07, 6.45) is 3.70. The van der Waals surface area contributed by atoms with Crippen LogP contribution >= 0.6 is 11.3 Å². The lowest BCUT2D eigenvalue weighted by Gasteiger charge is -2.36.